The molecule has 2 rings (SSSR count). The molecule has 86 valence electrons. The van der Waals surface area contributed by atoms with Gasteiger partial charge < -0.3 is 0 Å². The van der Waals surface area contributed by atoms with Crippen LogP contribution in [0.25, 0.3) is 11.1 Å². The lowest BCUT2D eigenvalue weighted by Crippen LogP contribution is -1.91. The van der Waals surface area contributed by atoms with Crippen molar-refractivity contribution in [3.05, 3.63) is 59.7 Å². The van der Waals surface area contributed by atoms with E-state index in [4.69, 9.17) is 0 Å². The first-order chi connectivity index (χ1) is 8.20. The van der Waals surface area contributed by atoms with E-state index in [0.29, 0.717) is 0 Å². The van der Waals surface area contributed by atoms with Crippen LogP contribution in [-0.2, 0) is 0 Å². The van der Waals surface area contributed by atoms with E-state index < -0.39 is 0 Å². The summed E-state index contributed by atoms with van der Waals surface area (Å²) in [6.07, 6.45) is 1.80. The summed E-state index contributed by atoms with van der Waals surface area (Å²) in [5, 5.41) is 0.112. The van der Waals surface area contributed by atoms with Gasteiger partial charge in [-0.3, -0.25) is 4.79 Å². The topological polar surface area (TPSA) is 17.1 Å². The Labute approximate surface area is 106 Å². The molecule has 0 saturated heterocycles. The Morgan fingerprint density at radius 2 is 1.35 bits per heavy atom. The van der Waals surface area contributed by atoms with Crippen molar-refractivity contribution in [1.29, 1.82) is 0 Å². The van der Waals surface area contributed by atoms with E-state index in [2.05, 4.69) is 31.2 Å². The molecule has 0 spiro atoms. The fourth-order valence-electron chi connectivity index (χ4n) is 1.66. The minimum Gasteiger partial charge on any atom is -0.282 e. The third-order valence-electron chi connectivity index (χ3n) is 2.69. The molecule has 0 aliphatic heterocycles. The van der Waals surface area contributed by atoms with Crippen molar-refractivity contribution < 1.29 is 4.79 Å². The first-order valence-corrected chi connectivity index (χ1v) is 6.68. The van der Waals surface area contributed by atoms with Gasteiger partial charge in [0.15, 0.2) is 0 Å². The molecule has 0 atom stereocenters. The number of aryl methyl sites for hydroxylation is 1. The van der Waals surface area contributed by atoms with Crippen LogP contribution >= 0.6 is 11.8 Å². The lowest BCUT2D eigenvalue weighted by molar-refractivity contribution is 0.108. The lowest BCUT2D eigenvalue weighted by Gasteiger charge is -2.03. The molecule has 0 bridgehead atoms. The zero-order chi connectivity index (χ0) is 12.3. The molecule has 2 heteroatoms. The van der Waals surface area contributed by atoms with Crippen LogP contribution in [0, 0.1) is 6.92 Å². The Morgan fingerprint density at radius 1 is 0.882 bits per heavy atom. The van der Waals surface area contributed by atoms with Gasteiger partial charge in [0.2, 0.25) is 5.12 Å². The predicted octanol–water partition coefficient (Wildman–Crippen LogP) is 4.17. The van der Waals surface area contributed by atoms with E-state index in [1.54, 1.807) is 6.26 Å². The molecule has 0 aromatic heterocycles. The second-order valence-corrected chi connectivity index (χ2v) is 4.71. The molecule has 0 heterocycles. The molecule has 0 fully saturated rings. The van der Waals surface area contributed by atoms with Crippen LogP contribution in [-0.4, -0.2) is 11.4 Å². The summed E-state index contributed by atoms with van der Waals surface area (Å²) in [5.74, 6) is 0. The summed E-state index contributed by atoms with van der Waals surface area (Å²) in [7, 11) is 0. The average Bonchev–Trinajstić information content (AvgIpc) is 2.39. The maximum absolute atomic E-state index is 11.5. The third-order valence-corrected chi connectivity index (χ3v) is 3.30. The molecule has 0 aliphatic rings. The Kier molecular flexibility index (Phi) is 3.64. The highest BCUT2D eigenvalue weighted by molar-refractivity contribution is 8.13. The molecule has 0 radical (unpaired) electrons. The monoisotopic (exact) mass is 242 g/mol. The molecule has 0 saturated carbocycles. The van der Waals surface area contributed by atoms with Crippen LogP contribution in [0.3, 0.4) is 0 Å². The van der Waals surface area contributed by atoms with E-state index in [1.807, 2.05) is 24.3 Å². The molecule has 0 N–H and O–H groups in total. The van der Waals surface area contributed by atoms with E-state index in [-0.39, 0.29) is 5.12 Å². The van der Waals surface area contributed by atoms with Crippen molar-refractivity contribution in [3.63, 3.8) is 0 Å². The van der Waals surface area contributed by atoms with E-state index in [0.717, 1.165) is 11.1 Å². The zero-order valence-electron chi connectivity index (χ0n) is 9.94. The molecular formula is C15H14OS. The normalized spacial score (nSPS) is 10.2. The second kappa shape index (κ2) is 5.19. The standard InChI is InChI=1S/C15H14OS/c1-11-3-5-12(6-4-11)13-7-9-14(10-8-13)15(16)17-2/h3-10H,1-2H3. The summed E-state index contributed by atoms with van der Waals surface area (Å²) >= 11 is 1.24. The Bertz CT molecular complexity index is 512. The Morgan fingerprint density at radius 3 is 1.82 bits per heavy atom. The van der Waals surface area contributed by atoms with Gasteiger partial charge in [-0.2, -0.15) is 0 Å². The number of hydrogen-bond donors (Lipinski definition) is 0. The SMILES string of the molecule is CSC(=O)c1ccc(-c2ccc(C)cc2)cc1. The van der Waals surface area contributed by atoms with Gasteiger partial charge >= 0.3 is 0 Å². The molecule has 2 aromatic rings. The van der Waals surface area contributed by atoms with E-state index in [9.17, 15) is 4.79 Å². The first-order valence-electron chi connectivity index (χ1n) is 5.46. The predicted molar refractivity (Wildman–Crippen MR) is 74.5 cm³/mol. The van der Waals surface area contributed by atoms with Crippen molar-refractivity contribution in [3.8, 4) is 11.1 Å². The number of benzene rings is 2. The summed E-state index contributed by atoms with van der Waals surface area (Å²) < 4.78 is 0. The smallest absolute Gasteiger partial charge is 0.219 e. The fraction of sp³-hybridized carbons (Fsp3) is 0.133. The summed E-state index contributed by atoms with van der Waals surface area (Å²) in [6, 6.07) is 16.1. The number of rotatable bonds is 2. The van der Waals surface area contributed by atoms with Gasteiger partial charge in [0.05, 0.1) is 0 Å². The Balaban J connectivity index is 2.29. The van der Waals surface area contributed by atoms with Gasteiger partial charge in [-0.05, 0) is 36.4 Å². The maximum atomic E-state index is 11.5. The van der Waals surface area contributed by atoms with Crippen molar-refractivity contribution in [2.45, 2.75) is 6.92 Å². The van der Waals surface area contributed by atoms with Crippen molar-refractivity contribution in [2.24, 2.45) is 0 Å². The van der Waals surface area contributed by atoms with Gasteiger partial charge in [0.1, 0.15) is 0 Å². The summed E-state index contributed by atoms with van der Waals surface area (Å²) in [5.41, 5.74) is 4.33. The minimum absolute atomic E-state index is 0.112. The first kappa shape index (κ1) is 11.9. The van der Waals surface area contributed by atoms with Crippen LogP contribution in [0.2, 0.25) is 0 Å². The number of hydrogen-bond acceptors (Lipinski definition) is 2. The molecule has 0 unspecified atom stereocenters. The van der Waals surface area contributed by atoms with Gasteiger partial charge in [0, 0.05) is 5.56 Å². The van der Waals surface area contributed by atoms with E-state index >= 15 is 0 Å². The second-order valence-electron chi connectivity index (χ2n) is 3.93. The van der Waals surface area contributed by atoms with Crippen molar-refractivity contribution in [2.75, 3.05) is 6.26 Å². The molecule has 2 aromatic carbocycles. The zero-order valence-corrected chi connectivity index (χ0v) is 10.8. The van der Waals surface area contributed by atoms with Crippen LogP contribution < -0.4 is 0 Å². The summed E-state index contributed by atoms with van der Waals surface area (Å²) in [6.45, 7) is 2.07. The molecule has 0 aliphatic carbocycles. The Hall–Kier alpha value is -1.54. The van der Waals surface area contributed by atoms with Crippen LogP contribution in [0.5, 0.6) is 0 Å². The van der Waals surface area contributed by atoms with Gasteiger partial charge in [-0.15, -0.1) is 0 Å². The lowest BCUT2D eigenvalue weighted by atomic mass is 10.0. The maximum Gasteiger partial charge on any atom is 0.219 e. The highest BCUT2D eigenvalue weighted by Crippen LogP contribution is 2.21. The third kappa shape index (κ3) is 2.77. The number of thioether (sulfide) groups is 1. The number of carbonyl (C=O) groups is 1. The van der Waals surface area contributed by atoms with E-state index in [1.165, 1.54) is 22.9 Å². The quantitative estimate of drug-likeness (QED) is 0.786. The highest BCUT2D eigenvalue weighted by Gasteiger charge is 2.03. The summed E-state index contributed by atoms with van der Waals surface area (Å²) in [4.78, 5) is 11.5. The van der Waals surface area contributed by atoms with Crippen LogP contribution in [0.1, 0.15) is 15.9 Å². The van der Waals surface area contributed by atoms with Crippen molar-refractivity contribution >= 4 is 16.9 Å². The molecule has 17 heavy (non-hydrogen) atoms. The van der Waals surface area contributed by atoms with Gasteiger partial charge in [0.25, 0.3) is 0 Å². The van der Waals surface area contributed by atoms with Gasteiger partial charge in [-0.25, -0.2) is 0 Å². The molecule has 1 nitrogen and oxygen atoms in total. The number of carbonyl (C=O) groups excluding carboxylic acids is 1. The van der Waals surface area contributed by atoms with Crippen LogP contribution in [0.4, 0.5) is 0 Å². The van der Waals surface area contributed by atoms with Gasteiger partial charge in [-0.1, -0.05) is 53.7 Å². The average molecular weight is 242 g/mol. The largest absolute Gasteiger partial charge is 0.282 e. The molecular weight excluding hydrogens is 228 g/mol. The fourth-order valence-corrected chi connectivity index (χ4v) is 2.03. The molecule has 0 amide bonds. The van der Waals surface area contributed by atoms with Crippen LogP contribution in [0.15, 0.2) is 48.5 Å². The highest BCUT2D eigenvalue weighted by atomic mass is 32.2. The van der Waals surface area contributed by atoms with Crippen molar-refractivity contribution in [1.82, 2.24) is 0 Å². The minimum atomic E-state index is 0.112.